The molecule has 0 N–H and O–H groups in total. The predicted molar refractivity (Wildman–Crippen MR) is 82.7 cm³/mol. The van der Waals surface area contributed by atoms with Crippen LogP contribution in [0.4, 0.5) is 0 Å². The van der Waals surface area contributed by atoms with Gasteiger partial charge >= 0.3 is 0 Å². The van der Waals surface area contributed by atoms with Crippen LogP contribution in [0.2, 0.25) is 0 Å². The average molecular weight is 265 g/mol. The summed E-state index contributed by atoms with van der Waals surface area (Å²) in [6.07, 6.45) is 1.07. The predicted octanol–water partition coefficient (Wildman–Crippen LogP) is 4.11. The van der Waals surface area contributed by atoms with Crippen LogP contribution in [-0.4, -0.2) is 18.5 Å². The normalized spacial score (nSPS) is 11.3. The summed E-state index contributed by atoms with van der Waals surface area (Å²) in [6, 6.07) is 20.9. The number of para-hydroxylation sites is 1. The number of likely N-dealkylation sites (N-methyl/N-ethyl adjacent to an activating group) is 1. The van der Waals surface area contributed by atoms with Crippen molar-refractivity contribution in [2.45, 2.75) is 13.0 Å². The van der Waals surface area contributed by atoms with Crippen molar-refractivity contribution in [3.8, 4) is 0 Å². The van der Waals surface area contributed by atoms with Crippen molar-refractivity contribution in [3.63, 3.8) is 0 Å². The standard InChI is InChI=1S/C18H19NO/c1-19(12-11-15-7-3-2-4-8-15)14-17-13-16-9-5-6-10-18(16)20-17/h2-10,13H,11-12,14H2,1H3. The van der Waals surface area contributed by atoms with Gasteiger partial charge in [0, 0.05) is 11.9 Å². The molecule has 20 heavy (non-hydrogen) atoms. The van der Waals surface area contributed by atoms with Crippen LogP contribution in [0.3, 0.4) is 0 Å². The minimum atomic E-state index is 0.849. The lowest BCUT2D eigenvalue weighted by Gasteiger charge is -2.14. The number of benzene rings is 2. The van der Waals surface area contributed by atoms with Gasteiger partial charge in [-0.1, -0.05) is 48.5 Å². The van der Waals surface area contributed by atoms with Gasteiger partial charge in [0.2, 0.25) is 0 Å². The van der Waals surface area contributed by atoms with Crippen LogP contribution in [-0.2, 0) is 13.0 Å². The van der Waals surface area contributed by atoms with E-state index in [4.69, 9.17) is 4.42 Å². The van der Waals surface area contributed by atoms with Crippen LogP contribution in [0.15, 0.2) is 65.1 Å². The second-order valence-corrected chi connectivity index (χ2v) is 5.22. The summed E-state index contributed by atoms with van der Waals surface area (Å²) in [5.41, 5.74) is 2.35. The van der Waals surface area contributed by atoms with E-state index in [1.807, 2.05) is 18.2 Å². The number of fused-ring (bicyclic) bond motifs is 1. The highest BCUT2D eigenvalue weighted by Gasteiger charge is 2.06. The van der Waals surface area contributed by atoms with E-state index < -0.39 is 0 Å². The Morgan fingerprint density at radius 1 is 0.950 bits per heavy atom. The molecule has 0 spiro atoms. The van der Waals surface area contributed by atoms with Gasteiger partial charge in [0.05, 0.1) is 6.54 Å². The van der Waals surface area contributed by atoms with Gasteiger partial charge in [-0.15, -0.1) is 0 Å². The quantitative estimate of drug-likeness (QED) is 0.690. The maximum Gasteiger partial charge on any atom is 0.134 e. The van der Waals surface area contributed by atoms with Gasteiger partial charge in [0.25, 0.3) is 0 Å². The lowest BCUT2D eigenvalue weighted by Crippen LogP contribution is -2.20. The average Bonchev–Trinajstić information content (AvgIpc) is 2.88. The topological polar surface area (TPSA) is 16.4 Å². The van der Waals surface area contributed by atoms with Crippen molar-refractivity contribution in [2.75, 3.05) is 13.6 Å². The molecule has 0 aliphatic carbocycles. The van der Waals surface area contributed by atoms with E-state index in [1.165, 1.54) is 10.9 Å². The van der Waals surface area contributed by atoms with Gasteiger partial charge in [0.15, 0.2) is 0 Å². The Kier molecular flexibility index (Phi) is 3.84. The highest BCUT2D eigenvalue weighted by molar-refractivity contribution is 5.77. The zero-order chi connectivity index (χ0) is 13.8. The number of rotatable bonds is 5. The molecule has 0 amide bonds. The molecule has 0 saturated carbocycles. The maximum atomic E-state index is 5.85. The first-order chi connectivity index (χ1) is 9.81. The first kappa shape index (κ1) is 12.9. The van der Waals surface area contributed by atoms with Crippen LogP contribution < -0.4 is 0 Å². The molecule has 0 fully saturated rings. The fraction of sp³-hybridized carbons (Fsp3) is 0.222. The fourth-order valence-electron chi connectivity index (χ4n) is 2.42. The Morgan fingerprint density at radius 3 is 2.50 bits per heavy atom. The molecule has 0 aliphatic rings. The number of furan rings is 1. The second kappa shape index (κ2) is 5.93. The molecule has 3 aromatic rings. The van der Waals surface area contributed by atoms with Gasteiger partial charge in [-0.2, -0.15) is 0 Å². The first-order valence-electron chi connectivity index (χ1n) is 7.01. The molecule has 0 saturated heterocycles. The van der Waals surface area contributed by atoms with Gasteiger partial charge in [0.1, 0.15) is 11.3 Å². The van der Waals surface area contributed by atoms with Crippen molar-refractivity contribution >= 4 is 11.0 Å². The van der Waals surface area contributed by atoms with Crippen LogP contribution in [0.1, 0.15) is 11.3 Å². The van der Waals surface area contributed by atoms with Crippen LogP contribution in [0, 0.1) is 0 Å². The van der Waals surface area contributed by atoms with E-state index in [2.05, 4.69) is 54.4 Å². The molecule has 2 nitrogen and oxygen atoms in total. The third-order valence-electron chi connectivity index (χ3n) is 3.53. The molecule has 0 unspecified atom stereocenters. The summed E-state index contributed by atoms with van der Waals surface area (Å²) >= 11 is 0. The zero-order valence-electron chi connectivity index (χ0n) is 11.8. The van der Waals surface area contributed by atoms with Gasteiger partial charge < -0.3 is 4.42 Å². The molecule has 0 bridgehead atoms. The summed E-state index contributed by atoms with van der Waals surface area (Å²) < 4.78 is 5.85. The van der Waals surface area contributed by atoms with Crippen molar-refractivity contribution in [1.82, 2.24) is 4.90 Å². The molecule has 2 aromatic carbocycles. The van der Waals surface area contributed by atoms with Crippen LogP contribution in [0.5, 0.6) is 0 Å². The molecule has 2 heteroatoms. The summed E-state index contributed by atoms with van der Waals surface area (Å²) in [4.78, 5) is 2.30. The van der Waals surface area contributed by atoms with Gasteiger partial charge in [-0.05, 0) is 31.2 Å². The van der Waals surface area contributed by atoms with Crippen LogP contribution >= 0.6 is 0 Å². The lowest BCUT2D eigenvalue weighted by molar-refractivity contribution is 0.302. The number of hydrogen-bond acceptors (Lipinski definition) is 2. The molecule has 0 radical (unpaired) electrons. The molecule has 0 atom stereocenters. The largest absolute Gasteiger partial charge is 0.460 e. The fourth-order valence-corrected chi connectivity index (χ4v) is 2.42. The molecule has 3 rings (SSSR count). The molecular formula is C18H19NO. The number of nitrogens with zero attached hydrogens (tertiary/aromatic N) is 1. The zero-order valence-corrected chi connectivity index (χ0v) is 11.8. The van der Waals surface area contributed by atoms with E-state index in [-0.39, 0.29) is 0 Å². The maximum absolute atomic E-state index is 5.85. The van der Waals surface area contributed by atoms with Crippen LogP contribution in [0.25, 0.3) is 11.0 Å². The molecule has 102 valence electrons. The molecule has 1 aromatic heterocycles. The Hall–Kier alpha value is -2.06. The van der Waals surface area contributed by atoms with E-state index in [1.54, 1.807) is 0 Å². The van der Waals surface area contributed by atoms with Crippen molar-refractivity contribution in [2.24, 2.45) is 0 Å². The summed E-state index contributed by atoms with van der Waals surface area (Å²) in [5, 5.41) is 1.18. The van der Waals surface area contributed by atoms with E-state index in [0.717, 1.165) is 30.9 Å². The van der Waals surface area contributed by atoms with Crippen molar-refractivity contribution < 1.29 is 4.42 Å². The van der Waals surface area contributed by atoms with Gasteiger partial charge in [-0.3, -0.25) is 4.90 Å². The lowest BCUT2D eigenvalue weighted by atomic mass is 10.1. The smallest absolute Gasteiger partial charge is 0.134 e. The molecule has 0 aliphatic heterocycles. The van der Waals surface area contributed by atoms with E-state index >= 15 is 0 Å². The minimum absolute atomic E-state index is 0.849. The minimum Gasteiger partial charge on any atom is -0.460 e. The van der Waals surface area contributed by atoms with E-state index in [9.17, 15) is 0 Å². The van der Waals surface area contributed by atoms with E-state index in [0.29, 0.717) is 0 Å². The third kappa shape index (κ3) is 3.09. The van der Waals surface area contributed by atoms with Crippen molar-refractivity contribution in [1.29, 1.82) is 0 Å². The highest BCUT2D eigenvalue weighted by Crippen LogP contribution is 2.19. The second-order valence-electron chi connectivity index (χ2n) is 5.22. The Morgan fingerprint density at radius 2 is 1.70 bits per heavy atom. The molecule has 1 heterocycles. The highest BCUT2D eigenvalue weighted by atomic mass is 16.3. The Balaban J connectivity index is 1.59. The monoisotopic (exact) mass is 265 g/mol. The number of hydrogen-bond donors (Lipinski definition) is 0. The van der Waals surface area contributed by atoms with Gasteiger partial charge in [-0.25, -0.2) is 0 Å². The SMILES string of the molecule is CN(CCc1ccccc1)Cc1cc2ccccc2o1. The Labute approximate surface area is 119 Å². The molecular weight excluding hydrogens is 246 g/mol. The summed E-state index contributed by atoms with van der Waals surface area (Å²) in [5.74, 6) is 1.03. The van der Waals surface area contributed by atoms with Crippen molar-refractivity contribution in [3.05, 3.63) is 72.0 Å². The summed E-state index contributed by atoms with van der Waals surface area (Å²) in [6.45, 7) is 1.88. The summed E-state index contributed by atoms with van der Waals surface area (Å²) in [7, 11) is 2.14. The third-order valence-corrected chi connectivity index (χ3v) is 3.53. The first-order valence-corrected chi connectivity index (χ1v) is 7.01. The Bertz CT molecular complexity index is 639.